The van der Waals surface area contributed by atoms with Crippen LogP contribution >= 0.6 is 23.4 Å². The van der Waals surface area contributed by atoms with Crippen molar-refractivity contribution >= 4 is 40.4 Å². The summed E-state index contributed by atoms with van der Waals surface area (Å²) in [6, 6.07) is 7.10. The molecule has 3 aliphatic heterocycles. The molecular weight excluding hydrogens is 448 g/mol. The van der Waals surface area contributed by atoms with Crippen LogP contribution in [0.4, 0.5) is 0 Å². The third-order valence-corrected chi connectivity index (χ3v) is 7.26. The number of allylic oxidation sites excluding steroid dienone is 1. The highest BCUT2D eigenvalue weighted by Crippen LogP contribution is 2.46. The number of carbonyl (C=O) groups excluding carboxylic acids is 2. The van der Waals surface area contributed by atoms with Gasteiger partial charge in [0, 0.05) is 16.8 Å². The van der Waals surface area contributed by atoms with Crippen LogP contribution in [-0.4, -0.2) is 60.1 Å². The maximum absolute atomic E-state index is 12.9. The molecule has 0 spiro atoms. The van der Waals surface area contributed by atoms with E-state index in [4.69, 9.17) is 16.3 Å². The van der Waals surface area contributed by atoms with Crippen LogP contribution in [0.2, 0.25) is 5.02 Å². The molecule has 3 aliphatic rings. The van der Waals surface area contributed by atoms with Crippen LogP contribution in [-0.2, 0) is 14.3 Å². The number of halogens is 1. The summed E-state index contributed by atoms with van der Waals surface area (Å²) in [5.41, 5.74) is 2.57. The zero-order valence-corrected chi connectivity index (χ0v) is 20.0. The zero-order valence-electron chi connectivity index (χ0n) is 18.4. The predicted molar refractivity (Wildman–Crippen MR) is 127 cm³/mol. The van der Waals surface area contributed by atoms with Crippen molar-refractivity contribution in [3.05, 3.63) is 57.2 Å². The fourth-order valence-electron chi connectivity index (χ4n) is 4.33. The number of amidine groups is 1. The Bertz CT molecular complexity index is 1010. The lowest BCUT2D eigenvalue weighted by molar-refractivity contribution is -0.136. The number of fused-ring (bicyclic) bond motifs is 1. The highest BCUT2D eigenvalue weighted by molar-refractivity contribution is 8.16. The molecule has 0 aromatic heterocycles. The second-order valence-corrected chi connectivity index (χ2v) is 9.47. The van der Waals surface area contributed by atoms with Gasteiger partial charge in [0.25, 0.3) is 0 Å². The molecule has 9 heteroatoms. The molecule has 0 bridgehead atoms. The first kappa shape index (κ1) is 22.9. The van der Waals surface area contributed by atoms with Gasteiger partial charge in [0.1, 0.15) is 0 Å². The number of thioether (sulfide) groups is 1. The third kappa shape index (κ3) is 4.58. The minimum Gasteiger partial charge on any atom is -0.466 e. The molecule has 0 radical (unpaired) electrons. The number of piperidine rings is 1. The van der Waals surface area contributed by atoms with Gasteiger partial charge in [-0.15, -0.1) is 0 Å². The summed E-state index contributed by atoms with van der Waals surface area (Å²) in [6.07, 6.45) is 2.10. The van der Waals surface area contributed by atoms with Crippen molar-refractivity contribution in [1.82, 2.24) is 15.1 Å². The number of hydrogen-bond donors (Lipinski definition) is 1. The number of hydrogen-bond acceptors (Lipinski definition) is 7. The van der Waals surface area contributed by atoms with E-state index in [1.165, 1.54) is 18.9 Å². The lowest BCUT2D eigenvalue weighted by Gasteiger charge is -2.36. The predicted octanol–water partition coefficient (Wildman–Crippen LogP) is 3.69. The Morgan fingerprint density at radius 2 is 2.00 bits per heavy atom. The van der Waals surface area contributed by atoms with Gasteiger partial charge in [0.2, 0.25) is 5.91 Å². The van der Waals surface area contributed by atoms with E-state index in [0.29, 0.717) is 16.3 Å². The van der Waals surface area contributed by atoms with E-state index < -0.39 is 12.0 Å². The number of carbonyl (C=O) groups is 2. The third-order valence-electron chi connectivity index (χ3n) is 6.03. The van der Waals surface area contributed by atoms with Crippen LogP contribution in [0.25, 0.3) is 0 Å². The molecule has 1 aromatic rings. The van der Waals surface area contributed by atoms with Crippen molar-refractivity contribution < 1.29 is 14.3 Å². The molecule has 7 nitrogen and oxygen atoms in total. The minimum atomic E-state index is -0.513. The van der Waals surface area contributed by atoms with Gasteiger partial charge in [-0.1, -0.05) is 41.6 Å². The summed E-state index contributed by atoms with van der Waals surface area (Å²) in [4.78, 5) is 34.5. The van der Waals surface area contributed by atoms with Gasteiger partial charge < -0.3 is 19.9 Å². The standard InChI is InChI=1S/C23H27ClN4O3S/c1-14-20(22(30)31-3)21(17-6-4-5-7-18(17)24)28-16(13-32-23(28)25-14)12-19(29)26-15-8-10-27(2)11-9-15/h4-7,13,15,21H,8-12H2,1-3H3,(H,26,29)/t21-/m1/s1. The van der Waals surface area contributed by atoms with Crippen molar-refractivity contribution in [1.29, 1.82) is 0 Å². The van der Waals surface area contributed by atoms with E-state index in [2.05, 4.69) is 22.3 Å². The normalized spacial score (nSPS) is 21.8. The molecule has 0 unspecified atom stereocenters. The quantitative estimate of drug-likeness (QED) is 0.656. The molecule has 0 aliphatic carbocycles. The Labute approximate surface area is 197 Å². The van der Waals surface area contributed by atoms with E-state index in [9.17, 15) is 9.59 Å². The van der Waals surface area contributed by atoms with Gasteiger partial charge >= 0.3 is 5.97 Å². The van der Waals surface area contributed by atoms with Crippen molar-refractivity contribution in [2.75, 3.05) is 27.2 Å². The maximum atomic E-state index is 12.9. The Morgan fingerprint density at radius 1 is 1.28 bits per heavy atom. The summed E-state index contributed by atoms with van der Waals surface area (Å²) in [5, 5.41) is 6.37. The SMILES string of the molecule is COC(=O)C1=C(C)N=C2SC=C(CC(=O)NC3CCN(C)CC3)N2[C@@H]1c1ccccc1Cl. The van der Waals surface area contributed by atoms with Gasteiger partial charge in [-0.2, -0.15) is 0 Å². The summed E-state index contributed by atoms with van der Waals surface area (Å²) in [7, 11) is 3.45. The number of rotatable bonds is 5. The number of nitrogens with one attached hydrogen (secondary N) is 1. The molecule has 1 fully saturated rings. The number of nitrogens with zero attached hydrogens (tertiary/aromatic N) is 3. The van der Waals surface area contributed by atoms with Crippen molar-refractivity contribution in [2.45, 2.75) is 38.3 Å². The number of aliphatic imine (C=N–C) groups is 1. The second-order valence-electron chi connectivity index (χ2n) is 8.23. The average molecular weight is 475 g/mol. The van der Waals surface area contributed by atoms with Crippen LogP contribution in [0.1, 0.15) is 37.8 Å². The van der Waals surface area contributed by atoms with Crippen molar-refractivity contribution in [3.8, 4) is 0 Å². The second kappa shape index (κ2) is 9.68. The summed E-state index contributed by atoms with van der Waals surface area (Å²) >= 11 is 8.00. The smallest absolute Gasteiger partial charge is 0.338 e. The molecule has 0 saturated carbocycles. The van der Waals surface area contributed by atoms with Crippen LogP contribution in [0.3, 0.4) is 0 Å². The number of ether oxygens (including phenoxy) is 1. The first-order valence-corrected chi connectivity index (χ1v) is 11.9. The van der Waals surface area contributed by atoms with Crippen LogP contribution in [0.15, 0.2) is 51.6 Å². The summed E-state index contributed by atoms with van der Waals surface area (Å²) in [5.74, 6) is -0.487. The Hall–Kier alpha value is -2.29. The molecule has 170 valence electrons. The summed E-state index contributed by atoms with van der Waals surface area (Å²) < 4.78 is 5.08. The number of methoxy groups -OCH3 is 1. The first-order chi connectivity index (χ1) is 15.4. The van der Waals surface area contributed by atoms with Gasteiger partial charge in [-0.3, -0.25) is 4.79 Å². The Morgan fingerprint density at radius 3 is 2.69 bits per heavy atom. The number of benzene rings is 1. The van der Waals surface area contributed by atoms with E-state index in [1.54, 1.807) is 13.0 Å². The number of amides is 1. The molecule has 1 atom stereocenters. The lowest BCUT2D eigenvalue weighted by Crippen LogP contribution is -2.44. The van der Waals surface area contributed by atoms with Gasteiger partial charge in [-0.05, 0) is 56.9 Å². The molecule has 1 amide bonds. The molecule has 4 rings (SSSR count). The molecule has 1 aromatic carbocycles. The topological polar surface area (TPSA) is 74.2 Å². The molecule has 1 saturated heterocycles. The Balaban J connectivity index is 1.61. The van der Waals surface area contributed by atoms with Crippen LogP contribution in [0.5, 0.6) is 0 Å². The fraction of sp³-hybridized carbons (Fsp3) is 0.435. The maximum Gasteiger partial charge on any atom is 0.338 e. The summed E-state index contributed by atoms with van der Waals surface area (Å²) in [6.45, 7) is 3.76. The van der Waals surface area contributed by atoms with E-state index in [0.717, 1.165) is 42.4 Å². The van der Waals surface area contributed by atoms with E-state index in [1.807, 2.05) is 28.5 Å². The molecule has 3 heterocycles. The number of esters is 1. The van der Waals surface area contributed by atoms with Crippen molar-refractivity contribution in [2.24, 2.45) is 4.99 Å². The zero-order chi connectivity index (χ0) is 22.8. The van der Waals surface area contributed by atoms with Gasteiger partial charge in [0.15, 0.2) is 5.17 Å². The van der Waals surface area contributed by atoms with E-state index in [-0.39, 0.29) is 18.4 Å². The van der Waals surface area contributed by atoms with Gasteiger partial charge in [-0.25, -0.2) is 9.79 Å². The number of likely N-dealkylation sites (tertiary alicyclic amines) is 1. The van der Waals surface area contributed by atoms with Gasteiger partial charge in [0.05, 0.1) is 30.8 Å². The lowest BCUT2D eigenvalue weighted by atomic mass is 9.93. The van der Waals surface area contributed by atoms with E-state index >= 15 is 0 Å². The molecular formula is C23H27ClN4O3S. The highest BCUT2D eigenvalue weighted by atomic mass is 35.5. The molecule has 32 heavy (non-hydrogen) atoms. The Kier molecular flexibility index (Phi) is 6.93. The average Bonchev–Trinajstić information content (AvgIpc) is 3.16. The first-order valence-electron chi connectivity index (χ1n) is 10.6. The fourth-order valence-corrected chi connectivity index (χ4v) is 5.53. The minimum absolute atomic E-state index is 0.0311. The highest BCUT2D eigenvalue weighted by Gasteiger charge is 2.41. The van der Waals surface area contributed by atoms with Crippen LogP contribution in [0, 0.1) is 0 Å². The van der Waals surface area contributed by atoms with Crippen LogP contribution < -0.4 is 5.32 Å². The van der Waals surface area contributed by atoms with Crippen molar-refractivity contribution in [3.63, 3.8) is 0 Å². The largest absolute Gasteiger partial charge is 0.466 e. The molecule has 1 N–H and O–H groups in total. The monoisotopic (exact) mass is 474 g/mol.